The highest BCUT2D eigenvalue weighted by molar-refractivity contribution is 5.96. The summed E-state index contributed by atoms with van der Waals surface area (Å²) in [5.74, 6) is -2.19. The molecule has 3 rings (SSSR count). The molecule has 2 aromatic carbocycles. The largest absolute Gasteiger partial charge is 0.493 e. The molecule has 7 nitrogen and oxygen atoms in total. The SMILES string of the molecule is COc1cc(C(=O)OCC(=O)Nc2cc(F)ccc2F)cc2c1OCCO2. The van der Waals surface area contributed by atoms with Crippen LogP contribution in [0.15, 0.2) is 30.3 Å². The number of carbonyl (C=O) groups excluding carboxylic acids is 2. The van der Waals surface area contributed by atoms with Crippen LogP contribution in [-0.4, -0.2) is 38.8 Å². The van der Waals surface area contributed by atoms with E-state index in [9.17, 15) is 18.4 Å². The summed E-state index contributed by atoms with van der Waals surface area (Å²) < 4.78 is 47.5. The minimum Gasteiger partial charge on any atom is -0.493 e. The van der Waals surface area contributed by atoms with Crippen molar-refractivity contribution >= 4 is 17.6 Å². The van der Waals surface area contributed by atoms with Gasteiger partial charge in [0.15, 0.2) is 18.1 Å². The summed E-state index contributed by atoms with van der Waals surface area (Å²) in [4.78, 5) is 24.0. The topological polar surface area (TPSA) is 83.1 Å². The minimum absolute atomic E-state index is 0.0841. The van der Waals surface area contributed by atoms with Crippen LogP contribution in [0.2, 0.25) is 0 Å². The maximum Gasteiger partial charge on any atom is 0.338 e. The van der Waals surface area contributed by atoms with Crippen molar-refractivity contribution in [3.05, 3.63) is 47.5 Å². The Morgan fingerprint density at radius 2 is 1.93 bits per heavy atom. The van der Waals surface area contributed by atoms with Gasteiger partial charge in [0.1, 0.15) is 24.8 Å². The number of benzene rings is 2. The Morgan fingerprint density at radius 1 is 1.15 bits per heavy atom. The first-order valence-corrected chi connectivity index (χ1v) is 7.87. The van der Waals surface area contributed by atoms with Crippen molar-refractivity contribution < 1.29 is 37.3 Å². The van der Waals surface area contributed by atoms with Crippen molar-refractivity contribution in [2.45, 2.75) is 0 Å². The van der Waals surface area contributed by atoms with Crippen LogP contribution in [0, 0.1) is 11.6 Å². The van der Waals surface area contributed by atoms with Crippen LogP contribution in [0.1, 0.15) is 10.4 Å². The second-order valence-electron chi connectivity index (χ2n) is 5.45. The van der Waals surface area contributed by atoms with Gasteiger partial charge in [-0.25, -0.2) is 13.6 Å². The van der Waals surface area contributed by atoms with Crippen LogP contribution >= 0.6 is 0 Å². The molecule has 0 spiro atoms. The lowest BCUT2D eigenvalue weighted by Gasteiger charge is -2.21. The molecule has 0 aliphatic carbocycles. The van der Waals surface area contributed by atoms with E-state index in [-0.39, 0.29) is 17.0 Å². The lowest BCUT2D eigenvalue weighted by Crippen LogP contribution is -2.22. The first-order valence-electron chi connectivity index (χ1n) is 7.87. The van der Waals surface area contributed by atoms with Gasteiger partial charge in [0.05, 0.1) is 18.4 Å². The maximum atomic E-state index is 13.5. The number of ether oxygens (including phenoxy) is 4. The summed E-state index contributed by atoms with van der Waals surface area (Å²) in [6, 6.07) is 5.41. The predicted octanol–water partition coefficient (Wildman–Crippen LogP) is 2.54. The average molecular weight is 379 g/mol. The molecule has 0 aromatic heterocycles. The Hall–Kier alpha value is -3.36. The highest BCUT2D eigenvalue weighted by atomic mass is 19.1. The zero-order valence-corrected chi connectivity index (χ0v) is 14.2. The smallest absolute Gasteiger partial charge is 0.338 e. The second kappa shape index (κ2) is 7.90. The standard InChI is InChI=1S/C18H15F2NO6/c1-24-14-6-10(7-15-17(14)26-5-4-25-15)18(23)27-9-16(22)21-13-8-11(19)2-3-12(13)20/h2-3,6-8H,4-5,9H2,1H3,(H,21,22). The fourth-order valence-corrected chi connectivity index (χ4v) is 2.38. The molecule has 1 aliphatic heterocycles. The van der Waals surface area contributed by atoms with E-state index in [2.05, 4.69) is 5.32 Å². The van der Waals surface area contributed by atoms with Crippen molar-refractivity contribution in [1.29, 1.82) is 0 Å². The molecular weight excluding hydrogens is 364 g/mol. The molecule has 0 atom stereocenters. The van der Waals surface area contributed by atoms with Crippen molar-refractivity contribution in [1.82, 2.24) is 0 Å². The van der Waals surface area contributed by atoms with Crippen LogP contribution < -0.4 is 19.5 Å². The number of hydrogen-bond acceptors (Lipinski definition) is 6. The van der Waals surface area contributed by atoms with E-state index in [1.807, 2.05) is 0 Å². The van der Waals surface area contributed by atoms with Crippen molar-refractivity contribution in [2.24, 2.45) is 0 Å². The zero-order valence-electron chi connectivity index (χ0n) is 14.2. The number of carbonyl (C=O) groups is 2. The first-order chi connectivity index (χ1) is 13.0. The highest BCUT2D eigenvalue weighted by Crippen LogP contribution is 2.40. The molecule has 0 radical (unpaired) electrons. The summed E-state index contributed by atoms with van der Waals surface area (Å²) in [5, 5.41) is 2.13. The van der Waals surface area contributed by atoms with E-state index in [1.165, 1.54) is 19.2 Å². The fourth-order valence-electron chi connectivity index (χ4n) is 2.38. The molecule has 9 heteroatoms. The Labute approximate surface area is 152 Å². The number of nitrogens with one attached hydrogen (secondary N) is 1. The van der Waals surface area contributed by atoms with Gasteiger partial charge in [-0.15, -0.1) is 0 Å². The number of esters is 1. The van der Waals surface area contributed by atoms with Crippen LogP contribution in [-0.2, 0) is 9.53 Å². The number of hydrogen-bond donors (Lipinski definition) is 1. The quantitative estimate of drug-likeness (QED) is 0.804. The normalized spacial score (nSPS) is 12.3. The van der Waals surface area contributed by atoms with Gasteiger partial charge in [-0.05, 0) is 24.3 Å². The van der Waals surface area contributed by atoms with E-state index in [4.69, 9.17) is 18.9 Å². The summed E-state index contributed by atoms with van der Waals surface area (Å²) in [6.45, 7) is -0.0221. The molecule has 1 amide bonds. The van der Waals surface area contributed by atoms with Crippen LogP contribution in [0.25, 0.3) is 0 Å². The van der Waals surface area contributed by atoms with E-state index < -0.39 is 30.1 Å². The number of methoxy groups -OCH3 is 1. The van der Waals surface area contributed by atoms with Crippen molar-refractivity contribution in [3.63, 3.8) is 0 Å². The molecule has 0 saturated heterocycles. The maximum absolute atomic E-state index is 13.5. The summed E-state index contributed by atoms with van der Waals surface area (Å²) in [7, 11) is 1.41. The number of amides is 1. The summed E-state index contributed by atoms with van der Waals surface area (Å²) >= 11 is 0. The van der Waals surface area contributed by atoms with Crippen LogP contribution in [0.3, 0.4) is 0 Å². The van der Waals surface area contributed by atoms with Gasteiger partial charge < -0.3 is 24.3 Å². The van der Waals surface area contributed by atoms with Crippen LogP contribution in [0.4, 0.5) is 14.5 Å². The molecule has 0 unspecified atom stereocenters. The summed E-state index contributed by atoms with van der Waals surface area (Å²) in [5.41, 5.74) is -0.266. The van der Waals surface area contributed by atoms with E-state index >= 15 is 0 Å². The third-order valence-electron chi connectivity index (χ3n) is 3.60. The zero-order chi connectivity index (χ0) is 19.4. The van der Waals surface area contributed by atoms with Gasteiger partial charge in [0.2, 0.25) is 5.75 Å². The molecule has 1 N–H and O–H groups in total. The molecule has 142 valence electrons. The molecule has 2 aromatic rings. The first kappa shape index (κ1) is 18.4. The van der Waals surface area contributed by atoms with Gasteiger partial charge >= 0.3 is 5.97 Å². The molecule has 27 heavy (non-hydrogen) atoms. The van der Waals surface area contributed by atoms with Gasteiger partial charge in [0.25, 0.3) is 5.91 Å². The Kier molecular flexibility index (Phi) is 5.39. The minimum atomic E-state index is -0.822. The van der Waals surface area contributed by atoms with E-state index in [1.54, 1.807) is 0 Å². The molecule has 1 heterocycles. The molecular formula is C18H15F2NO6. The molecule has 0 bridgehead atoms. The number of fused-ring (bicyclic) bond motifs is 1. The van der Waals surface area contributed by atoms with Crippen LogP contribution in [0.5, 0.6) is 17.2 Å². The number of halogens is 2. The second-order valence-corrected chi connectivity index (χ2v) is 5.45. The van der Waals surface area contributed by atoms with Crippen molar-refractivity contribution in [2.75, 3.05) is 32.2 Å². The molecule has 0 saturated carbocycles. The third kappa shape index (κ3) is 4.25. The van der Waals surface area contributed by atoms with E-state index in [0.717, 1.165) is 18.2 Å². The lowest BCUT2D eigenvalue weighted by atomic mass is 10.1. The monoisotopic (exact) mass is 379 g/mol. The highest BCUT2D eigenvalue weighted by Gasteiger charge is 2.22. The predicted molar refractivity (Wildman–Crippen MR) is 89.3 cm³/mol. The molecule has 0 fully saturated rings. The van der Waals surface area contributed by atoms with Gasteiger partial charge in [0, 0.05) is 6.07 Å². The number of anilines is 1. The van der Waals surface area contributed by atoms with Gasteiger partial charge in [-0.2, -0.15) is 0 Å². The Morgan fingerprint density at radius 3 is 2.70 bits per heavy atom. The lowest BCUT2D eigenvalue weighted by molar-refractivity contribution is -0.119. The third-order valence-corrected chi connectivity index (χ3v) is 3.60. The Bertz CT molecular complexity index is 869. The fraction of sp³-hybridized carbons (Fsp3) is 0.222. The summed E-state index contributed by atoms with van der Waals surface area (Å²) in [6.07, 6.45) is 0. The van der Waals surface area contributed by atoms with Gasteiger partial charge in [-0.3, -0.25) is 4.79 Å². The Balaban J connectivity index is 1.65. The average Bonchev–Trinajstić information content (AvgIpc) is 2.68. The van der Waals surface area contributed by atoms with Crippen molar-refractivity contribution in [3.8, 4) is 17.2 Å². The molecule has 1 aliphatic rings. The van der Waals surface area contributed by atoms with E-state index in [0.29, 0.717) is 24.7 Å². The number of rotatable bonds is 5. The van der Waals surface area contributed by atoms with Gasteiger partial charge in [-0.1, -0.05) is 0 Å².